The van der Waals surface area contributed by atoms with Crippen LogP contribution >= 0.6 is 12.4 Å². The quantitative estimate of drug-likeness (QED) is 0.733. The number of carbonyl (C=O) groups is 1. The number of halogens is 1. The van der Waals surface area contributed by atoms with Crippen LogP contribution < -0.4 is 15.4 Å². The molecule has 1 aliphatic heterocycles. The minimum atomic E-state index is -0.364. The van der Waals surface area contributed by atoms with Gasteiger partial charge in [0.2, 0.25) is 5.91 Å². The van der Waals surface area contributed by atoms with E-state index in [0.717, 1.165) is 17.9 Å². The molecule has 1 fully saturated rings. The minimum Gasteiger partial charge on any atom is -0.493 e. The third kappa shape index (κ3) is 5.48. The molecule has 3 N–H and O–H groups in total. The highest BCUT2D eigenvalue weighted by Gasteiger charge is 2.24. The Morgan fingerprint density at radius 2 is 2.18 bits per heavy atom. The number of hydrogen-bond donors (Lipinski definition) is 3. The summed E-state index contributed by atoms with van der Waals surface area (Å²) in [6.45, 7) is 6.27. The molecule has 1 aromatic rings. The molecule has 0 bridgehead atoms. The fourth-order valence-corrected chi connectivity index (χ4v) is 2.48. The summed E-state index contributed by atoms with van der Waals surface area (Å²) in [6, 6.07) is 5.99. The summed E-state index contributed by atoms with van der Waals surface area (Å²) in [5.74, 6) is 0.886. The van der Waals surface area contributed by atoms with Crippen LogP contribution in [0.1, 0.15) is 17.5 Å². The molecule has 2 rings (SSSR count). The van der Waals surface area contributed by atoms with E-state index in [1.54, 1.807) is 0 Å². The zero-order chi connectivity index (χ0) is 15.2. The molecular weight excluding hydrogens is 304 g/mol. The molecule has 2 unspecified atom stereocenters. The van der Waals surface area contributed by atoms with E-state index >= 15 is 0 Å². The molecule has 1 saturated heterocycles. The fraction of sp³-hybridized carbons (Fsp3) is 0.562. The van der Waals surface area contributed by atoms with Crippen molar-refractivity contribution in [1.29, 1.82) is 0 Å². The van der Waals surface area contributed by atoms with Crippen molar-refractivity contribution >= 4 is 18.3 Å². The lowest BCUT2D eigenvalue weighted by Gasteiger charge is -2.14. The molecule has 124 valence electrons. The Hall–Kier alpha value is -1.30. The topological polar surface area (TPSA) is 70.6 Å². The summed E-state index contributed by atoms with van der Waals surface area (Å²) in [7, 11) is 0. The SMILES string of the molecule is Cc1ccc(OCCC(=O)NCC2CNCC2O)c(C)c1.Cl. The third-order valence-corrected chi connectivity index (χ3v) is 3.78. The lowest BCUT2D eigenvalue weighted by Crippen LogP contribution is -2.34. The Bertz CT molecular complexity index is 496. The second kappa shape index (κ2) is 8.98. The smallest absolute Gasteiger partial charge is 0.223 e. The molecule has 1 aromatic carbocycles. The van der Waals surface area contributed by atoms with Crippen LogP contribution in [0.3, 0.4) is 0 Å². The first kappa shape index (κ1) is 18.7. The maximum absolute atomic E-state index is 11.7. The monoisotopic (exact) mass is 328 g/mol. The molecule has 5 nitrogen and oxygen atoms in total. The molecule has 1 amide bonds. The highest BCUT2D eigenvalue weighted by Crippen LogP contribution is 2.18. The molecule has 0 spiro atoms. The van der Waals surface area contributed by atoms with Gasteiger partial charge in [0.15, 0.2) is 0 Å². The number of β-amino-alcohol motifs (C(OH)–C–C–N with tert-alkyl or cyclic N) is 1. The largest absolute Gasteiger partial charge is 0.493 e. The van der Waals surface area contributed by atoms with E-state index in [1.165, 1.54) is 5.56 Å². The summed E-state index contributed by atoms with van der Waals surface area (Å²) in [5, 5.41) is 15.6. The maximum atomic E-state index is 11.7. The van der Waals surface area contributed by atoms with Gasteiger partial charge in [-0.15, -0.1) is 12.4 Å². The predicted molar refractivity (Wildman–Crippen MR) is 88.7 cm³/mol. The first-order valence-corrected chi connectivity index (χ1v) is 7.42. The first-order valence-electron chi connectivity index (χ1n) is 7.42. The number of carbonyl (C=O) groups excluding carboxylic acids is 1. The average Bonchev–Trinajstić information content (AvgIpc) is 2.84. The molecule has 1 aliphatic rings. The van der Waals surface area contributed by atoms with Gasteiger partial charge < -0.3 is 20.5 Å². The molecule has 0 saturated carbocycles. The molecule has 0 radical (unpaired) electrons. The van der Waals surface area contributed by atoms with E-state index in [0.29, 0.717) is 26.1 Å². The lowest BCUT2D eigenvalue weighted by atomic mass is 10.1. The number of ether oxygens (including phenoxy) is 1. The Kier molecular flexibility index (Phi) is 7.65. The molecule has 1 heterocycles. The molecule has 6 heteroatoms. The zero-order valence-electron chi connectivity index (χ0n) is 13.1. The molecule has 0 aromatic heterocycles. The summed E-state index contributed by atoms with van der Waals surface area (Å²) < 4.78 is 5.63. The van der Waals surface area contributed by atoms with Gasteiger partial charge in [0.25, 0.3) is 0 Å². The third-order valence-electron chi connectivity index (χ3n) is 3.78. The van der Waals surface area contributed by atoms with Gasteiger partial charge in [-0.2, -0.15) is 0 Å². The number of rotatable bonds is 6. The molecule has 22 heavy (non-hydrogen) atoms. The van der Waals surface area contributed by atoms with Crippen LogP contribution in [0.15, 0.2) is 18.2 Å². The van der Waals surface area contributed by atoms with Crippen LogP contribution in [0.25, 0.3) is 0 Å². The van der Waals surface area contributed by atoms with Crippen molar-refractivity contribution in [2.45, 2.75) is 26.4 Å². The fourth-order valence-electron chi connectivity index (χ4n) is 2.48. The second-order valence-electron chi connectivity index (χ2n) is 5.66. The number of amides is 1. The highest BCUT2D eigenvalue weighted by atomic mass is 35.5. The second-order valence-corrected chi connectivity index (χ2v) is 5.66. The van der Waals surface area contributed by atoms with Crippen LogP contribution in [0, 0.1) is 19.8 Å². The van der Waals surface area contributed by atoms with Crippen LogP contribution in [-0.4, -0.2) is 43.4 Å². The first-order chi connectivity index (χ1) is 10.1. The van der Waals surface area contributed by atoms with Gasteiger partial charge >= 0.3 is 0 Å². The normalized spacial score (nSPS) is 20.3. The van der Waals surface area contributed by atoms with Crippen LogP contribution in [0.4, 0.5) is 0 Å². The van der Waals surface area contributed by atoms with E-state index in [-0.39, 0.29) is 30.3 Å². The number of aliphatic hydroxyl groups excluding tert-OH is 1. The average molecular weight is 329 g/mol. The summed E-state index contributed by atoms with van der Waals surface area (Å²) in [5.41, 5.74) is 2.27. The molecule has 2 atom stereocenters. The van der Waals surface area contributed by atoms with E-state index in [4.69, 9.17) is 4.74 Å². The van der Waals surface area contributed by atoms with E-state index < -0.39 is 0 Å². The van der Waals surface area contributed by atoms with Gasteiger partial charge in [-0.05, 0) is 25.5 Å². The summed E-state index contributed by atoms with van der Waals surface area (Å²) in [4.78, 5) is 11.7. The van der Waals surface area contributed by atoms with Crippen LogP contribution in [0.2, 0.25) is 0 Å². The Balaban J connectivity index is 0.00000242. The standard InChI is InChI=1S/C16H24N2O3.ClH/c1-11-3-4-15(12(2)7-11)21-6-5-16(20)18-9-13-8-17-10-14(13)19;/h3-4,7,13-14,17,19H,5-6,8-10H2,1-2H3,(H,18,20);1H. The number of aliphatic hydroxyl groups is 1. The van der Waals surface area contributed by atoms with Crippen molar-refractivity contribution in [1.82, 2.24) is 10.6 Å². The molecular formula is C16H25ClN2O3. The zero-order valence-corrected chi connectivity index (χ0v) is 13.9. The molecule has 0 aliphatic carbocycles. The Labute approximate surface area is 137 Å². The van der Waals surface area contributed by atoms with Gasteiger partial charge in [0, 0.05) is 25.6 Å². The number of aryl methyl sites for hydroxylation is 2. The van der Waals surface area contributed by atoms with Gasteiger partial charge in [-0.1, -0.05) is 17.7 Å². The highest BCUT2D eigenvalue weighted by molar-refractivity contribution is 5.85. The van der Waals surface area contributed by atoms with Gasteiger partial charge in [0.1, 0.15) is 5.75 Å². The Morgan fingerprint density at radius 3 is 2.82 bits per heavy atom. The maximum Gasteiger partial charge on any atom is 0.223 e. The van der Waals surface area contributed by atoms with Crippen molar-refractivity contribution in [2.75, 3.05) is 26.2 Å². The van der Waals surface area contributed by atoms with E-state index in [9.17, 15) is 9.90 Å². The van der Waals surface area contributed by atoms with Gasteiger partial charge in [-0.25, -0.2) is 0 Å². The summed E-state index contributed by atoms with van der Waals surface area (Å²) >= 11 is 0. The van der Waals surface area contributed by atoms with Crippen LogP contribution in [-0.2, 0) is 4.79 Å². The number of nitrogens with one attached hydrogen (secondary N) is 2. The number of hydrogen-bond acceptors (Lipinski definition) is 4. The van der Waals surface area contributed by atoms with Gasteiger partial charge in [0.05, 0.1) is 19.1 Å². The summed E-state index contributed by atoms with van der Waals surface area (Å²) in [6.07, 6.45) is -0.0411. The van der Waals surface area contributed by atoms with Crippen molar-refractivity contribution in [3.63, 3.8) is 0 Å². The van der Waals surface area contributed by atoms with Crippen molar-refractivity contribution in [3.8, 4) is 5.75 Å². The number of benzene rings is 1. The van der Waals surface area contributed by atoms with Crippen LogP contribution in [0.5, 0.6) is 5.75 Å². The van der Waals surface area contributed by atoms with Gasteiger partial charge in [-0.3, -0.25) is 4.79 Å². The lowest BCUT2D eigenvalue weighted by molar-refractivity contribution is -0.121. The Morgan fingerprint density at radius 1 is 1.41 bits per heavy atom. The van der Waals surface area contributed by atoms with Crippen molar-refractivity contribution < 1.29 is 14.6 Å². The van der Waals surface area contributed by atoms with E-state index in [2.05, 4.69) is 16.7 Å². The van der Waals surface area contributed by atoms with Crippen molar-refractivity contribution in [2.24, 2.45) is 5.92 Å². The predicted octanol–water partition coefficient (Wildman–Crippen LogP) is 1.19. The minimum absolute atomic E-state index is 0. The van der Waals surface area contributed by atoms with E-state index in [1.807, 2.05) is 26.0 Å². The van der Waals surface area contributed by atoms with Crippen molar-refractivity contribution in [3.05, 3.63) is 29.3 Å².